The fourth-order valence-corrected chi connectivity index (χ4v) is 2.00. The van der Waals surface area contributed by atoms with Crippen LogP contribution in [0.1, 0.15) is 30.3 Å². The minimum atomic E-state index is -1.07. The highest BCUT2D eigenvalue weighted by atomic mass is 16.4. The van der Waals surface area contributed by atoms with Crippen LogP contribution in [-0.4, -0.2) is 46.6 Å². The largest absolute Gasteiger partial charge is 0.476 e. The van der Waals surface area contributed by atoms with E-state index in [1.165, 1.54) is 12.8 Å². The van der Waals surface area contributed by atoms with Crippen molar-refractivity contribution in [3.05, 3.63) is 12.0 Å². The molecule has 1 saturated heterocycles. The number of carboxylic acid groups (broad SMARTS) is 1. The standard InChI is InChI=1S/C11H17N3O3/c1-8(14-4-2-3-5-14)6-12-11-13-9(7-17-11)10(15)16/h7-8H,2-6H2,1H3,(H,12,13)(H,15,16). The van der Waals surface area contributed by atoms with E-state index in [-0.39, 0.29) is 11.7 Å². The molecule has 6 nitrogen and oxygen atoms in total. The van der Waals surface area contributed by atoms with Crippen molar-refractivity contribution in [2.75, 3.05) is 25.0 Å². The van der Waals surface area contributed by atoms with E-state index in [1.807, 2.05) is 0 Å². The highest BCUT2D eigenvalue weighted by Gasteiger charge is 2.18. The van der Waals surface area contributed by atoms with Crippen LogP contribution in [0.25, 0.3) is 0 Å². The molecule has 1 aliphatic rings. The third-order valence-electron chi connectivity index (χ3n) is 3.04. The second-order valence-corrected chi connectivity index (χ2v) is 4.32. The zero-order chi connectivity index (χ0) is 12.3. The predicted molar refractivity (Wildman–Crippen MR) is 62.2 cm³/mol. The maximum atomic E-state index is 10.6. The van der Waals surface area contributed by atoms with Crippen molar-refractivity contribution in [3.8, 4) is 0 Å². The Morgan fingerprint density at radius 1 is 1.65 bits per heavy atom. The second-order valence-electron chi connectivity index (χ2n) is 4.32. The highest BCUT2D eigenvalue weighted by molar-refractivity contribution is 5.85. The molecule has 1 aromatic heterocycles. The number of anilines is 1. The van der Waals surface area contributed by atoms with Crippen molar-refractivity contribution in [1.29, 1.82) is 0 Å². The quantitative estimate of drug-likeness (QED) is 0.805. The second kappa shape index (κ2) is 5.18. The maximum absolute atomic E-state index is 10.6. The van der Waals surface area contributed by atoms with Gasteiger partial charge in [0.1, 0.15) is 6.26 Å². The van der Waals surface area contributed by atoms with Crippen molar-refractivity contribution in [2.24, 2.45) is 0 Å². The normalized spacial score (nSPS) is 18.2. The number of hydrogen-bond donors (Lipinski definition) is 2. The van der Waals surface area contributed by atoms with E-state index >= 15 is 0 Å². The predicted octanol–water partition coefficient (Wildman–Crippen LogP) is 1.27. The minimum Gasteiger partial charge on any atom is -0.476 e. The van der Waals surface area contributed by atoms with Crippen LogP contribution in [0.2, 0.25) is 0 Å². The Morgan fingerprint density at radius 3 is 2.94 bits per heavy atom. The highest BCUT2D eigenvalue weighted by Crippen LogP contribution is 2.13. The Hall–Kier alpha value is -1.56. The van der Waals surface area contributed by atoms with E-state index in [1.54, 1.807) is 0 Å². The van der Waals surface area contributed by atoms with Gasteiger partial charge in [0.05, 0.1) is 0 Å². The van der Waals surface area contributed by atoms with Gasteiger partial charge in [-0.25, -0.2) is 4.79 Å². The summed E-state index contributed by atoms with van der Waals surface area (Å²) < 4.78 is 5.02. The summed E-state index contributed by atoms with van der Waals surface area (Å²) in [5.74, 6) is -1.07. The van der Waals surface area contributed by atoms with E-state index in [0.717, 1.165) is 19.4 Å². The molecular weight excluding hydrogens is 222 g/mol. The Balaban J connectivity index is 1.82. The van der Waals surface area contributed by atoms with Gasteiger partial charge in [0.15, 0.2) is 5.69 Å². The Bertz CT molecular complexity index is 385. The lowest BCUT2D eigenvalue weighted by atomic mass is 10.3. The van der Waals surface area contributed by atoms with Gasteiger partial charge in [-0.15, -0.1) is 0 Å². The molecule has 1 unspecified atom stereocenters. The molecule has 0 bridgehead atoms. The van der Waals surface area contributed by atoms with Gasteiger partial charge in [0, 0.05) is 12.6 Å². The monoisotopic (exact) mass is 239 g/mol. The Kier molecular flexibility index (Phi) is 3.63. The molecule has 2 heterocycles. The van der Waals surface area contributed by atoms with Crippen LogP contribution < -0.4 is 5.32 Å². The van der Waals surface area contributed by atoms with Crippen LogP contribution in [-0.2, 0) is 0 Å². The lowest BCUT2D eigenvalue weighted by Gasteiger charge is -2.23. The molecular formula is C11H17N3O3. The molecule has 2 rings (SSSR count). The van der Waals surface area contributed by atoms with E-state index in [4.69, 9.17) is 9.52 Å². The van der Waals surface area contributed by atoms with Crippen molar-refractivity contribution in [2.45, 2.75) is 25.8 Å². The Morgan fingerprint density at radius 2 is 2.35 bits per heavy atom. The first kappa shape index (κ1) is 11.9. The number of oxazole rings is 1. The fraction of sp³-hybridized carbons (Fsp3) is 0.636. The van der Waals surface area contributed by atoms with Gasteiger partial charge in [-0.05, 0) is 32.9 Å². The van der Waals surface area contributed by atoms with E-state index in [9.17, 15) is 4.79 Å². The first-order valence-corrected chi connectivity index (χ1v) is 5.83. The summed E-state index contributed by atoms with van der Waals surface area (Å²) in [5, 5.41) is 11.7. The molecule has 0 spiro atoms. The lowest BCUT2D eigenvalue weighted by Crippen LogP contribution is -2.35. The van der Waals surface area contributed by atoms with Crippen molar-refractivity contribution in [3.63, 3.8) is 0 Å². The van der Waals surface area contributed by atoms with Gasteiger partial charge in [0.25, 0.3) is 6.01 Å². The zero-order valence-corrected chi connectivity index (χ0v) is 9.85. The van der Waals surface area contributed by atoms with Crippen LogP contribution >= 0.6 is 0 Å². The van der Waals surface area contributed by atoms with Crippen LogP contribution in [0.4, 0.5) is 6.01 Å². The van der Waals surface area contributed by atoms with Crippen LogP contribution in [0.3, 0.4) is 0 Å². The molecule has 0 aliphatic carbocycles. The first-order chi connectivity index (χ1) is 8.16. The number of nitrogens with zero attached hydrogens (tertiary/aromatic N) is 2. The SMILES string of the molecule is CC(CNc1nc(C(=O)O)co1)N1CCCC1. The summed E-state index contributed by atoms with van der Waals surface area (Å²) in [6.07, 6.45) is 3.66. The summed E-state index contributed by atoms with van der Waals surface area (Å²) in [5.41, 5.74) is -0.0682. The van der Waals surface area contributed by atoms with Crippen LogP contribution in [0, 0.1) is 0 Å². The topological polar surface area (TPSA) is 78.6 Å². The molecule has 17 heavy (non-hydrogen) atoms. The number of nitrogens with one attached hydrogen (secondary N) is 1. The number of aromatic carboxylic acids is 1. The van der Waals surface area contributed by atoms with Gasteiger partial charge in [0.2, 0.25) is 0 Å². The molecule has 6 heteroatoms. The summed E-state index contributed by atoms with van der Waals surface area (Å²) in [6.45, 7) is 5.11. The number of likely N-dealkylation sites (tertiary alicyclic amines) is 1. The molecule has 0 aromatic carbocycles. The third kappa shape index (κ3) is 2.97. The molecule has 1 aromatic rings. The molecule has 0 amide bonds. The number of rotatable bonds is 5. The maximum Gasteiger partial charge on any atom is 0.357 e. The molecule has 1 atom stereocenters. The van der Waals surface area contributed by atoms with Gasteiger partial charge in [-0.2, -0.15) is 4.98 Å². The fourth-order valence-electron chi connectivity index (χ4n) is 2.00. The third-order valence-corrected chi connectivity index (χ3v) is 3.04. The summed E-state index contributed by atoms with van der Waals surface area (Å²) in [4.78, 5) is 16.8. The van der Waals surface area contributed by atoms with Crippen molar-refractivity contribution in [1.82, 2.24) is 9.88 Å². The van der Waals surface area contributed by atoms with Gasteiger partial charge in [-0.3, -0.25) is 4.90 Å². The molecule has 0 saturated carbocycles. The van der Waals surface area contributed by atoms with E-state index in [2.05, 4.69) is 22.1 Å². The Labute approximate surface area is 99.6 Å². The van der Waals surface area contributed by atoms with Gasteiger partial charge in [-0.1, -0.05) is 0 Å². The van der Waals surface area contributed by atoms with E-state index < -0.39 is 5.97 Å². The van der Waals surface area contributed by atoms with Crippen LogP contribution in [0.15, 0.2) is 10.7 Å². The van der Waals surface area contributed by atoms with Gasteiger partial charge < -0.3 is 14.8 Å². The zero-order valence-electron chi connectivity index (χ0n) is 9.85. The van der Waals surface area contributed by atoms with Crippen molar-refractivity contribution >= 4 is 12.0 Å². The smallest absolute Gasteiger partial charge is 0.357 e. The molecule has 2 N–H and O–H groups in total. The minimum absolute atomic E-state index is 0.0682. The molecule has 1 fully saturated rings. The average Bonchev–Trinajstić information content (AvgIpc) is 2.97. The summed E-state index contributed by atoms with van der Waals surface area (Å²) in [6, 6.07) is 0.672. The molecule has 1 aliphatic heterocycles. The lowest BCUT2D eigenvalue weighted by molar-refractivity contribution is 0.0690. The number of hydrogen-bond acceptors (Lipinski definition) is 5. The molecule has 94 valence electrons. The number of carboxylic acids is 1. The summed E-state index contributed by atoms with van der Waals surface area (Å²) >= 11 is 0. The average molecular weight is 239 g/mol. The van der Waals surface area contributed by atoms with Crippen molar-refractivity contribution < 1.29 is 14.3 Å². The van der Waals surface area contributed by atoms with E-state index in [0.29, 0.717) is 12.6 Å². The van der Waals surface area contributed by atoms with Gasteiger partial charge >= 0.3 is 5.97 Å². The first-order valence-electron chi connectivity index (χ1n) is 5.83. The van der Waals surface area contributed by atoms with Crippen LogP contribution in [0.5, 0.6) is 0 Å². The number of aromatic nitrogens is 1. The number of carbonyl (C=O) groups is 1. The summed E-state index contributed by atoms with van der Waals surface area (Å²) in [7, 11) is 0. The molecule has 0 radical (unpaired) electrons.